The first-order valence-corrected chi connectivity index (χ1v) is 12.2. The Morgan fingerprint density at radius 3 is 1.80 bits per heavy atom. The van der Waals surface area contributed by atoms with Crippen molar-refractivity contribution in [3.05, 3.63) is 52.1 Å². The average Bonchev–Trinajstić information content (AvgIpc) is 2.61. The summed E-state index contributed by atoms with van der Waals surface area (Å²) in [5.74, 6) is 1.08. The van der Waals surface area contributed by atoms with Gasteiger partial charge >= 0.3 is 0 Å². The van der Waals surface area contributed by atoms with Crippen molar-refractivity contribution in [1.29, 1.82) is 0 Å². The van der Waals surface area contributed by atoms with Gasteiger partial charge in [0.15, 0.2) is 0 Å². The fourth-order valence-corrected chi connectivity index (χ4v) is 4.97. The van der Waals surface area contributed by atoms with Gasteiger partial charge in [0.1, 0.15) is 5.75 Å². The lowest BCUT2D eigenvalue weighted by Crippen LogP contribution is -2.15. The number of ether oxygens (including phenoxy) is 1. The summed E-state index contributed by atoms with van der Waals surface area (Å²) >= 11 is 1.87. The number of hydrogen-bond acceptors (Lipinski definition) is 2. The van der Waals surface area contributed by atoms with Crippen LogP contribution in [0, 0.1) is 20.8 Å². The molecule has 2 aromatic rings. The number of benzene rings is 2. The Bertz CT molecular complexity index is 866. The fourth-order valence-electron chi connectivity index (χ4n) is 3.87. The highest BCUT2D eigenvalue weighted by atomic mass is 32.2. The smallest absolute Gasteiger partial charge is 0.125 e. The molecule has 0 bridgehead atoms. The molecule has 30 heavy (non-hydrogen) atoms. The fraction of sp³-hybridized carbons (Fsp3) is 0.571. The van der Waals surface area contributed by atoms with Crippen LogP contribution < -0.4 is 4.74 Å². The first kappa shape index (κ1) is 24.9. The van der Waals surface area contributed by atoms with Crippen LogP contribution in [0.3, 0.4) is 0 Å². The lowest BCUT2D eigenvalue weighted by atomic mass is 9.83. The van der Waals surface area contributed by atoms with Crippen molar-refractivity contribution < 1.29 is 4.74 Å². The van der Waals surface area contributed by atoms with E-state index in [2.05, 4.69) is 93.5 Å². The van der Waals surface area contributed by atoms with Gasteiger partial charge in [0.05, 0.1) is 6.61 Å². The van der Waals surface area contributed by atoms with E-state index in [0.717, 1.165) is 18.8 Å². The summed E-state index contributed by atoms with van der Waals surface area (Å²) in [5, 5.41) is 0. The van der Waals surface area contributed by atoms with E-state index in [-0.39, 0.29) is 10.8 Å². The molecular formula is C28H42OS. The molecule has 0 N–H and O–H groups in total. The standard InChI is InChI=1S/C28H42OS/c1-11-12-13-14-29-26-20(3)16-23(18-25(26)28(8,9)10)30-22-15-19(2)21(4)24(17-22)27(5,6)7/h15-18H,11-14H2,1-10H3. The third-order valence-corrected chi connectivity index (χ3v) is 6.68. The molecule has 0 saturated heterocycles. The maximum atomic E-state index is 6.29. The normalized spacial score (nSPS) is 12.3. The largest absolute Gasteiger partial charge is 0.493 e. The van der Waals surface area contributed by atoms with Crippen LogP contribution in [-0.2, 0) is 10.8 Å². The molecule has 0 spiro atoms. The molecule has 2 aromatic carbocycles. The number of aryl methyl sites for hydroxylation is 2. The number of rotatable bonds is 7. The molecule has 0 unspecified atom stereocenters. The van der Waals surface area contributed by atoms with Crippen LogP contribution in [0.4, 0.5) is 0 Å². The molecule has 0 radical (unpaired) electrons. The molecule has 2 rings (SSSR count). The Labute approximate surface area is 190 Å². The van der Waals surface area contributed by atoms with Crippen molar-refractivity contribution in [2.75, 3.05) is 6.61 Å². The molecule has 0 aliphatic heterocycles. The van der Waals surface area contributed by atoms with Crippen molar-refractivity contribution in [2.45, 2.75) is 109 Å². The molecule has 2 heteroatoms. The van der Waals surface area contributed by atoms with E-state index in [1.54, 1.807) is 0 Å². The highest BCUT2D eigenvalue weighted by Crippen LogP contribution is 2.41. The molecule has 1 nitrogen and oxygen atoms in total. The summed E-state index contributed by atoms with van der Waals surface area (Å²) in [6.45, 7) is 23.4. The average molecular weight is 427 g/mol. The summed E-state index contributed by atoms with van der Waals surface area (Å²) in [7, 11) is 0. The third kappa shape index (κ3) is 6.30. The minimum absolute atomic E-state index is 0.0428. The van der Waals surface area contributed by atoms with Gasteiger partial charge in [0, 0.05) is 15.4 Å². The third-order valence-electron chi connectivity index (χ3n) is 5.74. The topological polar surface area (TPSA) is 9.23 Å². The van der Waals surface area contributed by atoms with Crippen LogP contribution in [0.2, 0.25) is 0 Å². The second-order valence-corrected chi connectivity index (χ2v) is 11.8. The van der Waals surface area contributed by atoms with Gasteiger partial charge in [-0.3, -0.25) is 0 Å². The Balaban J connectivity index is 2.42. The van der Waals surface area contributed by atoms with Gasteiger partial charge in [-0.2, -0.15) is 0 Å². The van der Waals surface area contributed by atoms with E-state index in [0.29, 0.717) is 0 Å². The van der Waals surface area contributed by atoms with E-state index in [1.807, 2.05) is 11.8 Å². The van der Waals surface area contributed by atoms with Crippen molar-refractivity contribution >= 4 is 11.8 Å². The summed E-state index contributed by atoms with van der Waals surface area (Å²) in [6, 6.07) is 9.35. The van der Waals surface area contributed by atoms with Gasteiger partial charge in [-0.15, -0.1) is 0 Å². The van der Waals surface area contributed by atoms with Crippen molar-refractivity contribution in [3.8, 4) is 5.75 Å². The van der Waals surface area contributed by atoms with E-state index in [1.165, 1.54) is 50.4 Å². The molecule has 0 aliphatic carbocycles. The van der Waals surface area contributed by atoms with Gasteiger partial charge in [-0.05, 0) is 84.5 Å². The molecular weight excluding hydrogens is 384 g/mol. The van der Waals surface area contributed by atoms with E-state index >= 15 is 0 Å². The number of hydrogen-bond donors (Lipinski definition) is 0. The SMILES string of the molecule is CCCCCOc1c(C)cc(Sc2cc(C)c(C)c(C(C)(C)C)c2)cc1C(C)(C)C. The Morgan fingerprint density at radius 1 is 0.733 bits per heavy atom. The first-order valence-electron chi connectivity index (χ1n) is 11.4. The van der Waals surface area contributed by atoms with Crippen LogP contribution >= 0.6 is 11.8 Å². The van der Waals surface area contributed by atoms with Gasteiger partial charge in [-0.1, -0.05) is 73.1 Å². The van der Waals surface area contributed by atoms with Gasteiger partial charge in [0.25, 0.3) is 0 Å². The summed E-state index contributed by atoms with van der Waals surface area (Å²) in [5.41, 5.74) is 6.95. The van der Waals surface area contributed by atoms with Crippen molar-refractivity contribution in [2.24, 2.45) is 0 Å². The van der Waals surface area contributed by atoms with Crippen molar-refractivity contribution in [3.63, 3.8) is 0 Å². The van der Waals surface area contributed by atoms with Crippen LogP contribution in [0.1, 0.15) is 95.5 Å². The van der Waals surface area contributed by atoms with Gasteiger partial charge < -0.3 is 4.74 Å². The second kappa shape index (κ2) is 9.81. The van der Waals surface area contributed by atoms with Gasteiger partial charge in [0.2, 0.25) is 0 Å². The minimum atomic E-state index is 0.0428. The van der Waals surface area contributed by atoms with Crippen LogP contribution in [0.25, 0.3) is 0 Å². The zero-order chi connectivity index (χ0) is 22.7. The number of unbranched alkanes of at least 4 members (excludes halogenated alkanes) is 2. The summed E-state index contributed by atoms with van der Waals surface area (Å²) in [6.07, 6.45) is 3.56. The molecule has 0 heterocycles. The quantitative estimate of drug-likeness (QED) is 0.409. The summed E-state index contributed by atoms with van der Waals surface area (Å²) in [4.78, 5) is 2.61. The molecule has 166 valence electrons. The first-order chi connectivity index (χ1) is 13.8. The van der Waals surface area contributed by atoms with E-state index in [9.17, 15) is 0 Å². The zero-order valence-electron chi connectivity index (χ0n) is 21.0. The Kier molecular flexibility index (Phi) is 8.13. The molecule has 0 aliphatic rings. The zero-order valence-corrected chi connectivity index (χ0v) is 21.8. The van der Waals surface area contributed by atoms with Crippen molar-refractivity contribution in [1.82, 2.24) is 0 Å². The highest BCUT2D eigenvalue weighted by Gasteiger charge is 2.23. The molecule has 0 saturated carbocycles. The molecule has 0 fully saturated rings. The maximum Gasteiger partial charge on any atom is 0.125 e. The summed E-state index contributed by atoms with van der Waals surface area (Å²) < 4.78 is 6.29. The van der Waals surface area contributed by atoms with E-state index in [4.69, 9.17) is 4.74 Å². The highest BCUT2D eigenvalue weighted by molar-refractivity contribution is 7.99. The van der Waals surface area contributed by atoms with Crippen LogP contribution in [-0.4, -0.2) is 6.61 Å². The predicted molar refractivity (Wildman–Crippen MR) is 134 cm³/mol. The Hall–Kier alpha value is -1.41. The van der Waals surface area contributed by atoms with Gasteiger partial charge in [-0.25, -0.2) is 0 Å². The van der Waals surface area contributed by atoms with Crippen LogP contribution in [0.5, 0.6) is 5.75 Å². The van der Waals surface area contributed by atoms with Crippen LogP contribution in [0.15, 0.2) is 34.1 Å². The lowest BCUT2D eigenvalue weighted by molar-refractivity contribution is 0.296. The molecule has 0 aromatic heterocycles. The predicted octanol–water partition coefficient (Wildman–Crippen LogP) is 8.93. The minimum Gasteiger partial charge on any atom is -0.493 e. The second-order valence-electron chi connectivity index (χ2n) is 10.7. The molecule has 0 amide bonds. The maximum absolute atomic E-state index is 6.29. The lowest BCUT2D eigenvalue weighted by Gasteiger charge is -2.26. The monoisotopic (exact) mass is 426 g/mol. The molecule has 0 atom stereocenters. The van der Waals surface area contributed by atoms with E-state index < -0.39 is 0 Å². The Morgan fingerprint density at radius 2 is 1.27 bits per heavy atom.